The van der Waals surface area contributed by atoms with Gasteiger partial charge in [0, 0.05) is 30.2 Å². The molecule has 1 aromatic carbocycles. The third-order valence-corrected chi connectivity index (χ3v) is 2.62. The van der Waals surface area contributed by atoms with Gasteiger partial charge in [0.15, 0.2) is 0 Å². The van der Waals surface area contributed by atoms with Crippen molar-refractivity contribution in [2.75, 3.05) is 19.0 Å². The van der Waals surface area contributed by atoms with Crippen molar-refractivity contribution in [1.29, 1.82) is 0 Å². The highest BCUT2D eigenvalue weighted by Crippen LogP contribution is 2.25. The molecule has 2 aromatic rings. The smallest absolute Gasteiger partial charge is 0.135 e. The molecule has 0 bridgehead atoms. The van der Waals surface area contributed by atoms with Crippen molar-refractivity contribution in [3.05, 3.63) is 34.9 Å². The van der Waals surface area contributed by atoms with Gasteiger partial charge in [0.25, 0.3) is 0 Å². The second kappa shape index (κ2) is 3.58. The van der Waals surface area contributed by atoms with Gasteiger partial charge in [0.05, 0.1) is 0 Å². The molecule has 2 nitrogen and oxygen atoms in total. The van der Waals surface area contributed by atoms with Crippen LogP contribution in [0.15, 0.2) is 34.9 Å². The van der Waals surface area contributed by atoms with Crippen molar-refractivity contribution in [3.63, 3.8) is 0 Å². The fourth-order valence-electron chi connectivity index (χ4n) is 1.49. The summed E-state index contributed by atoms with van der Waals surface area (Å²) in [7, 11) is 4.01. The van der Waals surface area contributed by atoms with E-state index in [4.69, 9.17) is 0 Å². The predicted molar refractivity (Wildman–Crippen MR) is 63.8 cm³/mol. The Morgan fingerprint density at radius 3 is 2.71 bits per heavy atom. The van der Waals surface area contributed by atoms with Crippen LogP contribution in [0.25, 0.3) is 10.8 Å². The number of hydrogen-bond donors (Lipinski definition) is 0. The molecule has 0 unspecified atom stereocenters. The van der Waals surface area contributed by atoms with Crippen LogP contribution in [0, 0.1) is 0 Å². The third-order valence-electron chi connectivity index (χ3n) is 2.13. The maximum Gasteiger partial charge on any atom is 0.135 e. The first-order valence-corrected chi connectivity index (χ1v) is 5.19. The van der Waals surface area contributed by atoms with Crippen LogP contribution in [0.2, 0.25) is 0 Å². The topological polar surface area (TPSA) is 16.1 Å². The molecule has 14 heavy (non-hydrogen) atoms. The summed E-state index contributed by atoms with van der Waals surface area (Å²) >= 11 is 3.46. The van der Waals surface area contributed by atoms with Crippen LogP contribution in [0.5, 0.6) is 0 Å². The number of hydrogen-bond acceptors (Lipinski definition) is 2. The molecule has 0 aliphatic carbocycles. The second-order valence-electron chi connectivity index (χ2n) is 3.39. The minimum Gasteiger partial charge on any atom is -0.362 e. The molecule has 0 aliphatic heterocycles. The number of fused-ring (bicyclic) bond motifs is 1. The molecule has 0 N–H and O–H groups in total. The Morgan fingerprint density at radius 2 is 2.00 bits per heavy atom. The lowest BCUT2D eigenvalue weighted by atomic mass is 10.1. The number of pyridine rings is 1. The molecular formula is C11H11BrN2. The van der Waals surface area contributed by atoms with Gasteiger partial charge in [-0.25, -0.2) is 4.98 Å². The van der Waals surface area contributed by atoms with Crippen LogP contribution in [0.3, 0.4) is 0 Å². The third kappa shape index (κ3) is 1.60. The summed E-state index contributed by atoms with van der Waals surface area (Å²) < 4.78 is 1.10. The van der Waals surface area contributed by atoms with Gasteiger partial charge in [-0.05, 0) is 29.7 Å². The van der Waals surface area contributed by atoms with Gasteiger partial charge in [-0.15, -0.1) is 0 Å². The van der Waals surface area contributed by atoms with Crippen LogP contribution in [-0.2, 0) is 0 Å². The molecule has 0 radical (unpaired) electrons. The fourth-order valence-corrected chi connectivity index (χ4v) is 1.87. The molecule has 1 heterocycles. The molecule has 2 rings (SSSR count). The molecule has 0 amide bonds. The Bertz CT molecular complexity index is 466. The van der Waals surface area contributed by atoms with E-state index in [-0.39, 0.29) is 0 Å². The minimum absolute atomic E-state index is 1.01. The number of halogens is 1. The summed E-state index contributed by atoms with van der Waals surface area (Å²) in [5.41, 5.74) is 0. The SMILES string of the molecule is CN(C)c1nccc2cc(Br)ccc12. The Balaban J connectivity index is 2.75. The van der Waals surface area contributed by atoms with Gasteiger partial charge in [-0.2, -0.15) is 0 Å². The van der Waals surface area contributed by atoms with Gasteiger partial charge in [0.2, 0.25) is 0 Å². The van der Waals surface area contributed by atoms with E-state index >= 15 is 0 Å². The molecule has 72 valence electrons. The fraction of sp³-hybridized carbons (Fsp3) is 0.182. The highest BCUT2D eigenvalue weighted by Gasteiger charge is 2.03. The highest BCUT2D eigenvalue weighted by molar-refractivity contribution is 9.10. The van der Waals surface area contributed by atoms with Gasteiger partial charge < -0.3 is 4.90 Å². The second-order valence-corrected chi connectivity index (χ2v) is 4.31. The highest BCUT2D eigenvalue weighted by atomic mass is 79.9. The van der Waals surface area contributed by atoms with Crippen molar-refractivity contribution in [2.45, 2.75) is 0 Å². The van der Waals surface area contributed by atoms with Gasteiger partial charge >= 0.3 is 0 Å². The van der Waals surface area contributed by atoms with Crippen LogP contribution < -0.4 is 4.90 Å². The zero-order valence-corrected chi connectivity index (χ0v) is 9.75. The van der Waals surface area contributed by atoms with Gasteiger partial charge in [-0.1, -0.05) is 15.9 Å². The van der Waals surface area contributed by atoms with Crippen molar-refractivity contribution < 1.29 is 0 Å². The number of benzene rings is 1. The molecule has 1 aromatic heterocycles. The van der Waals surface area contributed by atoms with E-state index < -0.39 is 0 Å². The molecule has 0 saturated carbocycles. The van der Waals surface area contributed by atoms with Gasteiger partial charge in [-0.3, -0.25) is 0 Å². The lowest BCUT2D eigenvalue weighted by Crippen LogP contribution is -2.10. The number of rotatable bonds is 1. The molecule has 3 heteroatoms. The molecule has 0 fully saturated rings. The van der Waals surface area contributed by atoms with Crippen molar-refractivity contribution in [2.24, 2.45) is 0 Å². The molecular weight excluding hydrogens is 240 g/mol. The van der Waals surface area contributed by atoms with Crippen LogP contribution >= 0.6 is 15.9 Å². The maximum absolute atomic E-state index is 4.35. The zero-order chi connectivity index (χ0) is 10.1. The van der Waals surface area contributed by atoms with E-state index in [0.717, 1.165) is 10.3 Å². The van der Waals surface area contributed by atoms with E-state index in [0.29, 0.717) is 0 Å². The van der Waals surface area contributed by atoms with Crippen molar-refractivity contribution in [1.82, 2.24) is 4.98 Å². The summed E-state index contributed by atoms with van der Waals surface area (Å²) in [6.45, 7) is 0. The first-order chi connectivity index (χ1) is 6.68. The van der Waals surface area contributed by atoms with Crippen LogP contribution in [-0.4, -0.2) is 19.1 Å². The summed E-state index contributed by atoms with van der Waals surface area (Å²) in [5.74, 6) is 1.01. The Morgan fingerprint density at radius 1 is 1.21 bits per heavy atom. The summed E-state index contributed by atoms with van der Waals surface area (Å²) in [4.78, 5) is 6.37. The quantitative estimate of drug-likeness (QED) is 0.774. The molecule has 0 atom stereocenters. The van der Waals surface area contributed by atoms with Gasteiger partial charge in [0.1, 0.15) is 5.82 Å². The standard InChI is InChI=1S/C11H11BrN2/c1-14(2)11-10-4-3-9(12)7-8(10)5-6-13-11/h3-7H,1-2H3. The van der Waals surface area contributed by atoms with E-state index in [2.05, 4.69) is 33.0 Å². The Hall–Kier alpha value is -1.09. The first-order valence-electron chi connectivity index (χ1n) is 4.40. The number of aromatic nitrogens is 1. The van der Waals surface area contributed by atoms with Crippen LogP contribution in [0.4, 0.5) is 5.82 Å². The van der Waals surface area contributed by atoms with E-state index in [1.807, 2.05) is 37.3 Å². The van der Waals surface area contributed by atoms with Crippen molar-refractivity contribution >= 4 is 32.5 Å². The monoisotopic (exact) mass is 250 g/mol. The average Bonchev–Trinajstić information content (AvgIpc) is 2.16. The number of anilines is 1. The maximum atomic E-state index is 4.35. The molecule has 0 aliphatic rings. The Labute approximate surface area is 91.7 Å². The largest absolute Gasteiger partial charge is 0.362 e. The summed E-state index contributed by atoms with van der Waals surface area (Å²) in [5, 5.41) is 2.39. The summed E-state index contributed by atoms with van der Waals surface area (Å²) in [6, 6.07) is 8.25. The summed E-state index contributed by atoms with van der Waals surface area (Å²) in [6.07, 6.45) is 1.84. The molecule has 0 spiro atoms. The Kier molecular flexibility index (Phi) is 2.42. The number of nitrogens with zero attached hydrogens (tertiary/aromatic N) is 2. The van der Waals surface area contributed by atoms with E-state index in [1.54, 1.807) is 0 Å². The van der Waals surface area contributed by atoms with Crippen molar-refractivity contribution in [3.8, 4) is 0 Å². The average molecular weight is 251 g/mol. The predicted octanol–water partition coefficient (Wildman–Crippen LogP) is 3.06. The zero-order valence-electron chi connectivity index (χ0n) is 8.16. The van der Waals surface area contributed by atoms with Crippen LogP contribution in [0.1, 0.15) is 0 Å². The first kappa shape index (κ1) is 9.46. The van der Waals surface area contributed by atoms with E-state index in [9.17, 15) is 0 Å². The lowest BCUT2D eigenvalue weighted by Gasteiger charge is -2.13. The molecule has 0 saturated heterocycles. The minimum atomic E-state index is 1.01. The normalized spacial score (nSPS) is 10.5. The lowest BCUT2D eigenvalue weighted by molar-refractivity contribution is 1.08. The van der Waals surface area contributed by atoms with E-state index in [1.165, 1.54) is 10.8 Å².